The fourth-order valence-electron chi connectivity index (χ4n) is 4.97. The van der Waals surface area contributed by atoms with Crippen LogP contribution in [0.1, 0.15) is 48.2 Å². The van der Waals surface area contributed by atoms with E-state index < -0.39 is 0 Å². The normalized spacial score (nSPS) is 28.7. The summed E-state index contributed by atoms with van der Waals surface area (Å²) in [4.78, 5) is 4.85. The van der Waals surface area contributed by atoms with Crippen LogP contribution in [-0.2, 0) is 0 Å². The van der Waals surface area contributed by atoms with E-state index in [0.717, 1.165) is 31.5 Å². The Morgan fingerprint density at radius 2 is 1.88 bits per heavy atom. The third kappa shape index (κ3) is 2.81. The van der Waals surface area contributed by atoms with E-state index in [1.165, 1.54) is 30.4 Å². The molecule has 2 aliphatic heterocycles. The van der Waals surface area contributed by atoms with Crippen molar-refractivity contribution in [1.29, 1.82) is 0 Å². The summed E-state index contributed by atoms with van der Waals surface area (Å²) >= 11 is 0. The van der Waals surface area contributed by atoms with Gasteiger partial charge in [0.2, 0.25) is 5.89 Å². The molecule has 1 aliphatic carbocycles. The van der Waals surface area contributed by atoms with Gasteiger partial charge in [-0.3, -0.25) is 4.90 Å². The zero-order chi connectivity index (χ0) is 17.0. The molecule has 1 aromatic carbocycles. The lowest BCUT2D eigenvalue weighted by atomic mass is 9.85. The summed E-state index contributed by atoms with van der Waals surface area (Å²) in [5.74, 6) is 2.67. The molecule has 0 N–H and O–H groups in total. The molecule has 0 radical (unpaired) electrons. The lowest BCUT2D eigenvalue weighted by Gasteiger charge is -2.27. The number of hydrogen-bond acceptors (Lipinski definition) is 5. The molecule has 3 aliphatic rings. The molecule has 5 nitrogen and oxygen atoms in total. The maximum Gasteiger partial charge on any atom is 0.318 e. The number of likely N-dealkylation sites (tertiary alicyclic amines) is 1. The van der Waals surface area contributed by atoms with Crippen LogP contribution in [0.25, 0.3) is 0 Å². The third-order valence-corrected chi connectivity index (χ3v) is 6.56. The molecule has 140 valence electrons. The van der Waals surface area contributed by atoms with Gasteiger partial charge in [0.05, 0.1) is 0 Å². The number of benzene rings is 1. The predicted octanol–water partition coefficient (Wildman–Crippen LogP) is 3.81. The molecule has 0 spiro atoms. The first kappa shape index (κ1) is 17.8. The summed E-state index contributed by atoms with van der Waals surface area (Å²) in [5.41, 5.74) is 2.86. The second kappa shape index (κ2) is 6.86. The standard InChI is InChI=1S/C20H26N4O.ClH/c1-13-6-3-4-9-16(13)18-17-12-24(11-15(17)10-23(18)2)20-22-21-19(25-20)14-7-5-8-14;/h3-4,6,9,14-15,17-18H,5,7-8,10-12H2,1-2H3;1H/t15-,17+,18-;/m0./s1. The molecule has 3 atom stereocenters. The smallest absolute Gasteiger partial charge is 0.318 e. The Bertz CT molecular complexity index is 775. The topological polar surface area (TPSA) is 45.4 Å². The van der Waals surface area contributed by atoms with E-state index in [-0.39, 0.29) is 12.4 Å². The molecule has 0 unspecified atom stereocenters. The highest BCUT2D eigenvalue weighted by Gasteiger charge is 2.47. The number of hydrogen-bond donors (Lipinski definition) is 0. The van der Waals surface area contributed by atoms with Crippen LogP contribution in [0.4, 0.5) is 6.01 Å². The van der Waals surface area contributed by atoms with Crippen LogP contribution in [0.2, 0.25) is 0 Å². The van der Waals surface area contributed by atoms with Crippen LogP contribution in [0.3, 0.4) is 0 Å². The molecule has 2 saturated heterocycles. The molecule has 1 aromatic heterocycles. The fourth-order valence-corrected chi connectivity index (χ4v) is 4.97. The van der Waals surface area contributed by atoms with Crippen molar-refractivity contribution in [2.45, 2.75) is 38.1 Å². The van der Waals surface area contributed by atoms with E-state index in [0.29, 0.717) is 23.8 Å². The minimum absolute atomic E-state index is 0. The van der Waals surface area contributed by atoms with Gasteiger partial charge in [-0.05, 0) is 43.9 Å². The minimum atomic E-state index is 0. The zero-order valence-corrected chi connectivity index (χ0v) is 16.3. The molecule has 3 heterocycles. The summed E-state index contributed by atoms with van der Waals surface area (Å²) in [5, 5.41) is 8.67. The lowest BCUT2D eigenvalue weighted by molar-refractivity contribution is 0.277. The van der Waals surface area contributed by atoms with Crippen molar-refractivity contribution in [3.05, 3.63) is 41.3 Å². The Balaban J connectivity index is 0.00000168. The number of anilines is 1. The molecule has 0 bridgehead atoms. The van der Waals surface area contributed by atoms with Gasteiger partial charge in [-0.25, -0.2) is 0 Å². The van der Waals surface area contributed by atoms with Gasteiger partial charge in [0, 0.05) is 37.5 Å². The summed E-state index contributed by atoms with van der Waals surface area (Å²) in [6.07, 6.45) is 3.70. The Hall–Kier alpha value is -1.59. The van der Waals surface area contributed by atoms with E-state index in [4.69, 9.17) is 4.42 Å². The van der Waals surface area contributed by atoms with Crippen LogP contribution in [0.15, 0.2) is 28.7 Å². The summed E-state index contributed by atoms with van der Waals surface area (Å²) in [6.45, 7) is 5.42. The van der Waals surface area contributed by atoms with E-state index in [1.807, 2.05) is 0 Å². The van der Waals surface area contributed by atoms with Gasteiger partial charge in [-0.2, -0.15) is 0 Å². The summed E-state index contributed by atoms with van der Waals surface area (Å²) in [7, 11) is 2.27. The highest BCUT2D eigenvalue weighted by Crippen LogP contribution is 2.46. The van der Waals surface area contributed by atoms with Crippen molar-refractivity contribution >= 4 is 18.4 Å². The molecule has 5 rings (SSSR count). The van der Waals surface area contributed by atoms with Crippen LogP contribution in [0.5, 0.6) is 0 Å². The van der Waals surface area contributed by atoms with Gasteiger partial charge >= 0.3 is 6.01 Å². The van der Waals surface area contributed by atoms with E-state index in [2.05, 4.69) is 58.2 Å². The van der Waals surface area contributed by atoms with Crippen LogP contribution >= 0.6 is 12.4 Å². The van der Waals surface area contributed by atoms with Crippen molar-refractivity contribution in [2.75, 3.05) is 31.6 Å². The number of fused-ring (bicyclic) bond motifs is 1. The molecule has 2 aromatic rings. The van der Waals surface area contributed by atoms with Gasteiger partial charge in [-0.15, -0.1) is 17.5 Å². The average Bonchev–Trinajstić information content (AvgIpc) is 3.21. The van der Waals surface area contributed by atoms with Crippen molar-refractivity contribution in [3.8, 4) is 0 Å². The highest BCUT2D eigenvalue weighted by molar-refractivity contribution is 5.85. The number of aryl methyl sites for hydroxylation is 1. The second-order valence-electron chi connectivity index (χ2n) is 8.12. The number of nitrogens with zero attached hydrogens (tertiary/aromatic N) is 4. The first-order chi connectivity index (χ1) is 12.2. The van der Waals surface area contributed by atoms with E-state index >= 15 is 0 Å². The summed E-state index contributed by atoms with van der Waals surface area (Å²) in [6, 6.07) is 10.0. The monoisotopic (exact) mass is 374 g/mol. The molecule has 0 amide bonds. The third-order valence-electron chi connectivity index (χ3n) is 6.56. The second-order valence-corrected chi connectivity index (χ2v) is 8.12. The highest BCUT2D eigenvalue weighted by atomic mass is 35.5. The van der Waals surface area contributed by atoms with Crippen molar-refractivity contribution in [3.63, 3.8) is 0 Å². The van der Waals surface area contributed by atoms with Gasteiger partial charge in [0.25, 0.3) is 0 Å². The Labute approximate surface area is 161 Å². The number of halogens is 1. The maximum absolute atomic E-state index is 6.02. The molecule has 26 heavy (non-hydrogen) atoms. The van der Waals surface area contributed by atoms with Crippen LogP contribution in [0, 0.1) is 18.8 Å². The first-order valence-corrected chi connectivity index (χ1v) is 9.55. The Kier molecular flexibility index (Phi) is 4.70. The Morgan fingerprint density at radius 3 is 2.62 bits per heavy atom. The average molecular weight is 375 g/mol. The van der Waals surface area contributed by atoms with Gasteiger partial charge in [0.1, 0.15) is 0 Å². The molecule has 6 heteroatoms. The predicted molar refractivity (Wildman–Crippen MR) is 104 cm³/mol. The SMILES string of the molecule is Cc1ccccc1[C@H]1[C@@H]2CN(c3nnc(C4CCC4)o3)C[C@@H]2CN1C.Cl. The molecular formula is C20H27ClN4O. The quantitative estimate of drug-likeness (QED) is 0.817. The van der Waals surface area contributed by atoms with Gasteiger partial charge in [-0.1, -0.05) is 35.8 Å². The zero-order valence-electron chi connectivity index (χ0n) is 15.5. The first-order valence-electron chi connectivity index (χ1n) is 9.55. The van der Waals surface area contributed by atoms with Gasteiger partial charge in [0.15, 0.2) is 0 Å². The lowest BCUT2D eigenvalue weighted by Crippen LogP contribution is -2.29. The van der Waals surface area contributed by atoms with Gasteiger partial charge < -0.3 is 9.32 Å². The largest absolute Gasteiger partial charge is 0.408 e. The summed E-state index contributed by atoms with van der Waals surface area (Å²) < 4.78 is 6.02. The molecule has 3 fully saturated rings. The van der Waals surface area contributed by atoms with E-state index in [9.17, 15) is 0 Å². The van der Waals surface area contributed by atoms with Crippen LogP contribution < -0.4 is 4.90 Å². The van der Waals surface area contributed by atoms with Crippen LogP contribution in [-0.4, -0.2) is 41.8 Å². The number of rotatable bonds is 3. The minimum Gasteiger partial charge on any atom is -0.408 e. The molecule has 1 saturated carbocycles. The number of aromatic nitrogens is 2. The van der Waals surface area contributed by atoms with Crippen molar-refractivity contribution in [2.24, 2.45) is 11.8 Å². The van der Waals surface area contributed by atoms with Crippen molar-refractivity contribution < 1.29 is 4.42 Å². The van der Waals surface area contributed by atoms with E-state index in [1.54, 1.807) is 0 Å². The van der Waals surface area contributed by atoms with Crippen molar-refractivity contribution in [1.82, 2.24) is 15.1 Å². The maximum atomic E-state index is 6.02. The fraction of sp³-hybridized carbons (Fsp3) is 0.600. The molecular weight excluding hydrogens is 348 g/mol. The Morgan fingerprint density at radius 1 is 1.08 bits per heavy atom.